The van der Waals surface area contributed by atoms with Crippen LogP contribution in [0.15, 0.2) is 0 Å². The van der Waals surface area contributed by atoms with Gasteiger partial charge in [0.1, 0.15) is 0 Å². The molecule has 0 atom stereocenters. The maximum atomic E-state index is 8.58. The van der Waals surface area contributed by atoms with Gasteiger partial charge in [-0.15, -0.1) is 0 Å². The zero-order chi connectivity index (χ0) is 4.50. The first-order valence-electron chi connectivity index (χ1n) is 0.816. The monoisotopic (exact) mass is 220 g/mol. The second-order valence-electron chi connectivity index (χ2n) is 0.500. The third kappa shape index (κ3) is 51.9. The molecule has 0 bridgehead atoms. The SMILES string of the molecule is [K+].[O-][Si]([O-])([O-])[O-].[Y+3]. The van der Waals surface area contributed by atoms with Crippen molar-refractivity contribution >= 4 is 9.05 Å². The first-order valence-corrected chi connectivity index (χ1v) is 2.45. The molecule has 0 aliphatic heterocycles. The Hall–Kier alpha value is 2.80. The summed E-state index contributed by atoms with van der Waals surface area (Å²) in [6.07, 6.45) is 0. The van der Waals surface area contributed by atoms with Crippen LogP contribution in [0.2, 0.25) is 0 Å². The Morgan fingerprint density at radius 2 is 0.857 bits per heavy atom. The van der Waals surface area contributed by atoms with Crippen LogP contribution in [0.1, 0.15) is 0 Å². The largest absolute Gasteiger partial charge is 3.00 e. The fraction of sp³-hybridized carbons (Fsp3) is 0. The van der Waals surface area contributed by atoms with Gasteiger partial charge in [0, 0.05) is 0 Å². The average molecular weight is 220 g/mol. The zero-order valence-corrected chi connectivity index (χ0v) is 10.7. The first kappa shape index (κ1) is 16.4. The van der Waals surface area contributed by atoms with E-state index in [-0.39, 0.29) is 84.1 Å². The summed E-state index contributed by atoms with van der Waals surface area (Å²) in [6.45, 7) is 0. The summed E-state index contributed by atoms with van der Waals surface area (Å²) < 4.78 is 0. The molecule has 0 aromatic rings. The average Bonchev–Trinajstić information content (AvgIpc) is 0.722. The van der Waals surface area contributed by atoms with Crippen molar-refractivity contribution in [2.24, 2.45) is 0 Å². The quantitative estimate of drug-likeness (QED) is 0.379. The molecular weight excluding hydrogens is 220 g/mol. The zero-order valence-electron chi connectivity index (χ0n) is 3.71. The summed E-state index contributed by atoms with van der Waals surface area (Å²) in [5, 5.41) is 0. The van der Waals surface area contributed by atoms with Crippen molar-refractivity contribution in [2.75, 3.05) is 0 Å². The van der Waals surface area contributed by atoms with Crippen molar-refractivity contribution in [1.29, 1.82) is 0 Å². The molecule has 32 valence electrons. The van der Waals surface area contributed by atoms with Crippen molar-refractivity contribution in [1.82, 2.24) is 0 Å². The summed E-state index contributed by atoms with van der Waals surface area (Å²) in [7, 11) is -5.61. The minimum atomic E-state index is -5.61. The van der Waals surface area contributed by atoms with E-state index in [1.807, 2.05) is 0 Å². The Bertz CT molecular complexity index is 27.2. The smallest absolute Gasteiger partial charge is 0.894 e. The fourth-order valence-corrected chi connectivity index (χ4v) is 0. The van der Waals surface area contributed by atoms with Crippen LogP contribution in [0.25, 0.3) is 0 Å². The fourth-order valence-electron chi connectivity index (χ4n) is 0. The Morgan fingerprint density at radius 1 is 0.857 bits per heavy atom. The van der Waals surface area contributed by atoms with Crippen molar-refractivity contribution < 1.29 is 103 Å². The molecule has 0 radical (unpaired) electrons. The van der Waals surface area contributed by atoms with E-state index in [1.54, 1.807) is 0 Å². The van der Waals surface area contributed by atoms with Gasteiger partial charge < -0.3 is 28.2 Å². The van der Waals surface area contributed by atoms with Gasteiger partial charge in [-0.2, -0.15) is 0 Å². The maximum Gasteiger partial charge on any atom is 3.00 e. The molecule has 4 nitrogen and oxygen atoms in total. The standard InChI is InChI=1S/K.O4Si.Y/c;1-5(2,3)4;/q+1;-4;+3. The van der Waals surface area contributed by atoms with E-state index in [4.69, 9.17) is 19.2 Å². The van der Waals surface area contributed by atoms with Gasteiger partial charge >= 0.3 is 84.1 Å². The molecular formula is KO4SiY. The Morgan fingerprint density at radius 3 is 0.857 bits per heavy atom. The van der Waals surface area contributed by atoms with Gasteiger partial charge in [-0.1, -0.05) is 0 Å². The van der Waals surface area contributed by atoms with E-state index >= 15 is 0 Å². The van der Waals surface area contributed by atoms with E-state index in [0.29, 0.717) is 0 Å². The van der Waals surface area contributed by atoms with Crippen LogP contribution in [0.4, 0.5) is 0 Å². The predicted octanol–water partition coefficient (Wildman–Crippen LogP) is -8.14. The third-order valence-corrected chi connectivity index (χ3v) is 0. The molecule has 0 heterocycles. The van der Waals surface area contributed by atoms with Crippen LogP contribution < -0.4 is 70.6 Å². The molecule has 7 heteroatoms. The minimum Gasteiger partial charge on any atom is -0.894 e. The first-order chi connectivity index (χ1) is 2.00. The van der Waals surface area contributed by atoms with Crippen LogP contribution in [-0.2, 0) is 32.7 Å². The predicted molar refractivity (Wildman–Crippen MR) is 5.75 cm³/mol. The van der Waals surface area contributed by atoms with E-state index in [1.165, 1.54) is 0 Å². The summed E-state index contributed by atoms with van der Waals surface area (Å²) in [5.41, 5.74) is 0. The molecule has 7 heavy (non-hydrogen) atoms. The van der Waals surface area contributed by atoms with Crippen LogP contribution in [0, 0.1) is 0 Å². The van der Waals surface area contributed by atoms with E-state index in [0.717, 1.165) is 0 Å². The Labute approximate surface area is 110 Å². The van der Waals surface area contributed by atoms with Gasteiger partial charge in [0.15, 0.2) is 0 Å². The third-order valence-electron chi connectivity index (χ3n) is 0. The molecule has 0 aliphatic carbocycles. The Balaban J connectivity index is -0.0000000800. The number of hydrogen-bond acceptors (Lipinski definition) is 4. The molecule has 0 saturated heterocycles. The topological polar surface area (TPSA) is 92.2 Å². The molecule has 0 fully saturated rings. The molecule has 0 aromatic heterocycles. The molecule has 0 aliphatic rings. The van der Waals surface area contributed by atoms with Gasteiger partial charge in [0.2, 0.25) is 0 Å². The molecule has 0 spiro atoms. The molecule has 0 unspecified atom stereocenters. The molecule has 0 saturated carbocycles. The van der Waals surface area contributed by atoms with Crippen molar-refractivity contribution in [2.45, 2.75) is 0 Å². The summed E-state index contributed by atoms with van der Waals surface area (Å²) >= 11 is 0. The van der Waals surface area contributed by atoms with E-state index < -0.39 is 9.05 Å². The van der Waals surface area contributed by atoms with Crippen LogP contribution in [-0.4, -0.2) is 9.05 Å². The minimum absolute atomic E-state index is 0. The van der Waals surface area contributed by atoms with E-state index in [9.17, 15) is 0 Å². The summed E-state index contributed by atoms with van der Waals surface area (Å²) in [4.78, 5) is 34.3. The second-order valence-corrected chi connectivity index (χ2v) is 1.50. The molecule has 0 rings (SSSR count). The number of rotatable bonds is 0. The van der Waals surface area contributed by atoms with Gasteiger partial charge in [0.25, 0.3) is 0 Å². The molecule has 0 aromatic carbocycles. The number of hydrogen-bond donors (Lipinski definition) is 0. The van der Waals surface area contributed by atoms with Crippen molar-refractivity contribution in [3.63, 3.8) is 0 Å². The van der Waals surface area contributed by atoms with Crippen LogP contribution in [0.3, 0.4) is 0 Å². The van der Waals surface area contributed by atoms with Gasteiger partial charge in [-0.3, -0.25) is 0 Å². The van der Waals surface area contributed by atoms with Crippen LogP contribution in [0.5, 0.6) is 0 Å². The van der Waals surface area contributed by atoms with Gasteiger partial charge in [-0.05, 0) is 0 Å². The normalized spacial score (nSPS) is 8.57. The summed E-state index contributed by atoms with van der Waals surface area (Å²) in [6, 6.07) is 0. The van der Waals surface area contributed by atoms with Gasteiger partial charge in [-0.25, -0.2) is 0 Å². The molecule has 0 amide bonds. The van der Waals surface area contributed by atoms with Crippen molar-refractivity contribution in [3.8, 4) is 0 Å². The Kier molecular flexibility index (Phi) is 16.2. The van der Waals surface area contributed by atoms with Crippen LogP contribution >= 0.6 is 0 Å². The second kappa shape index (κ2) is 6.91. The van der Waals surface area contributed by atoms with Gasteiger partial charge in [0.05, 0.1) is 0 Å². The van der Waals surface area contributed by atoms with Crippen molar-refractivity contribution in [3.05, 3.63) is 0 Å². The maximum absolute atomic E-state index is 8.58. The molecule has 0 N–H and O–H groups in total. The summed E-state index contributed by atoms with van der Waals surface area (Å²) in [5.74, 6) is 0. The van der Waals surface area contributed by atoms with E-state index in [2.05, 4.69) is 0 Å².